The van der Waals surface area contributed by atoms with Gasteiger partial charge in [-0.1, -0.05) is 17.7 Å². The molecule has 33 heavy (non-hydrogen) atoms. The smallest absolute Gasteiger partial charge is 0.377 e. The molecule has 2 bridgehead atoms. The van der Waals surface area contributed by atoms with E-state index in [4.69, 9.17) is 30.9 Å². The van der Waals surface area contributed by atoms with Gasteiger partial charge in [-0.2, -0.15) is 0 Å². The number of methoxy groups -OCH3 is 1. The van der Waals surface area contributed by atoms with Gasteiger partial charge in [-0.15, -0.1) is 10.2 Å². The van der Waals surface area contributed by atoms with Crippen LogP contribution in [0, 0.1) is 5.92 Å². The molecule has 2 aromatic rings. The van der Waals surface area contributed by atoms with Crippen LogP contribution in [0.1, 0.15) is 30.5 Å². The molecule has 3 heterocycles. The lowest BCUT2D eigenvalue weighted by Gasteiger charge is -2.50. The molecule has 1 aliphatic carbocycles. The predicted molar refractivity (Wildman–Crippen MR) is 128 cm³/mol. The molecule has 0 amide bonds. The van der Waals surface area contributed by atoms with Crippen LogP contribution in [0.2, 0.25) is 11.8 Å². The summed E-state index contributed by atoms with van der Waals surface area (Å²) in [6, 6.07) is 8.12. The molecule has 0 saturated carbocycles. The van der Waals surface area contributed by atoms with Gasteiger partial charge in [0.2, 0.25) is 0 Å². The van der Waals surface area contributed by atoms with Crippen LogP contribution in [0.15, 0.2) is 30.3 Å². The van der Waals surface area contributed by atoms with Gasteiger partial charge in [0.1, 0.15) is 5.75 Å². The lowest BCUT2D eigenvalue weighted by molar-refractivity contribution is -0.0472. The van der Waals surface area contributed by atoms with Crippen LogP contribution in [-0.4, -0.2) is 66.3 Å². The van der Waals surface area contributed by atoms with Gasteiger partial charge in [0, 0.05) is 29.8 Å². The average Bonchev–Trinajstić information content (AvgIpc) is 2.81. The second-order valence-electron chi connectivity index (χ2n) is 9.09. The molecule has 5 rings (SSSR count). The first kappa shape index (κ1) is 22.8. The van der Waals surface area contributed by atoms with Crippen molar-refractivity contribution in [3.8, 4) is 17.0 Å². The van der Waals surface area contributed by atoms with Crippen LogP contribution >= 0.6 is 11.6 Å². The van der Waals surface area contributed by atoms with E-state index in [0.717, 1.165) is 42.6 Å². The number of hydrogen-bond acceptors (Lipinski definition) is 7. The Kier molecular flexibility index (Phi) is 6.72. The number of nitrogens with zero attached hydrogens (tertiary/aromatic N) is 3. The molecular weight excluding hydrogens is 441 g/mol. The first-order chi connectivity index (χ1) is 16.0. The van der Waals surface area contributed by atoms with E-state index in [1.807, 2.05) is 19.0 Å². The van der Waals surface area contributed by atoms with Crippen LogP contribution in [0.5, 0.6) is 5.75 Å². The van der Waals surface area contributed by atoms with Gasteiger partial charge in [0.05, 0.1) is 24.6 Å². The summed E-state index contributed by atoms with van der Waals surface area (Å²) in [5.41, 5.74) is 5.13. The molecule has 1 aromatic heterocycles. The number of ether oxygens (including phenoxy) is 3. The number of halogens is 1. The molecule has 0 spiro atoms. The van der Waals surface area contributed by atoms with E-state index in [0.29, 0.717) is 29.9 Å². The Balaban J connectivity index is 1.43. The van der Waals surface area contributed by atoms with Crippen LogP contribution in [0.4, 0.5) is 0 Å². The molecule has 174 valence electrons. The number of aryl methyl sites for hydroxylation is 1. The fourth-order valence-corrected chi connectivity index (χ4v) is 5.75. The van der Waals surface area contributed by atoms with Gasteiger partial charge in [0.15, 0.2) is 6.79 Å². The van der Waals surface area contributed by atoms with Gasteiger partial charge in [0.25, 0.3) is 0 Å². The summed E-state index contributed by atoms with van der Waals surface area (Å²) in [6.45, 7) is 3.33. The molecule has 3 aliphatic rings. The molecule has 2 saturated heterocycles. The van der Waals surface area contributed by atoms with Crippen molar-refractivity contribution >= 4 is 24.2 Å². The third-order valence-electron chi connectivity index (χ3n) is 6.92. The van der Waals surface area contributed by atoms with E-state index in [2.05, 4.69) is 22.1 Å². The van der Waals surface area contributed by atoms with Gasteiger partial charge >= 0.3 is 7.05 Å². The van der Waals surface area contributed by atoms with E-state index in [-0.39, 0.29) is 18.9 Å². The normalized spacial score (nSPS) is 24.7. The number of allylic oxidation sites excluding steroid dienone is 2. The number of hydrogen-bond donors (Lipinski definition) is 1. The monoisotopic (exact) mass is 469 g/mol. The highest BCUT2D eigenvalue weighted by Crippen LogP contribution is 2.42. The summed E-state index contributed by atoms with van der Waals surface area (Å²) in [6.07, 6.45) is 6.19. The van der Waals surface area contributed by atoms with Crippen molar-refractivity contribution in [1.29, 1.82) is 0 Å². The second-order valence-corrected chi connectivity index (χ2v) is 9.52. The quantitative estimate of drug-likeness (QED) is 0.510. The van der Waals surface area contributed by atoms with Crippen molar-refractivity contribution < 1.29 is 19.2 Å². The minimum Gasteiger partial charge on any atom is -0.467 e. The van der Waals surface area contributed by atoms with Gasteiger partial charge < -0.3 is 24.0 Å². The van der Waals surface area contributed by atoms with Gasteiger partial charge in [-0.05, 0) is 73.8 Å². The molecular formula is C24H29BClN3O4. The van der Waals surface area contributed by atoms with Crippen molar-refractivity contribution in [2.45, 2.75) is 44.6 Å². The van der Waals surface area contributed by atoms with Crippen LogP contribution < -0.4 is 4.74 Å². The Morgan fingerprint density at radius 2 is 2.00 bits per heavy atom. The number of fused-ring (bicyclic) bond motifs is 3. The second kappa shape index (κ2) is 9.72. The first-order valence-electron chi connectivity index (χ1n) is 11.6. The van der Waals surface area contributed by atoms with E-state index >= 15 is 0 Å². The Labute approximate surface area is 199 Å². The highest BCUT2D eigenvalue weighted by Gasteiger charge is 2.43. The van der Waals surface area contributed by atoms with Crippen molar-refractivity contribution in [3.05, 3.63) is 46.6 Å². The molecule has 2 aliphatic heterocycles. The zero-order valence-corrected chi connectivity index (χ0v) is 19.8. The lowest BCUT2D eigenvalue weighted by atomic mass is 9.70. The minimum atomic E-state index is -0.450. The maximum atomic E-state index is 10.3. The van der Waals surface area contributed by atoms with Gasteiger partial charge in [-0.3, -0.25) is 0 Å². The van der Waals surface area contributed by atoms with E-state index in [1.165, 1.54) is 11.1 Å². The maximum Gasteiger partial charge on any atom is 0.377 e. The van der Waals surface area contributed by atoms with Crippen molar-refractivity contribution in [2.75, 3.05) is 27.1 Å². The first-order valence-corrected chi connectivity index (χ1v) is 11.9. The summed E-state index contributed by atoms with van der Waals surface area (Å²) >= 11 is 6.18. The summed E-state index contributed by atoms with van der Waals surface area (Å²) in [4.78, 5) is 2.22. The Morgan fingerprint density at radius 3 is 2.73 bits per heavy atom. The summed E-state index contributed by atoms with van der Waals surface area (Å²) < 4.78 is 16.6. The van der Waals surface area contributed by atoms with Crippen molar-refractivity contribution in [2.24, 2.45) is 5.92 Å². The lowest BCUT2D eigenvalue weighted by Crippen LogP contribution is -2.61. The highest BCUT2D eigenvalue weighted by atomic mass is 35.5. The standard InChI is InChI=1S/C24H29BClN3O4/c1-25(30)29-18-8-16(9-19(29)13-32-12-18)20-5-3-4-15-10-22(27-28-24(15)20)21-7-6-17(26)11-23(21)33-14-31-2/h5-7,10-11,16,18-19,30H,3-4,8-9,12-14H2,1-2H3/t16-,18+,19?/m0/s1. The van der Waals surface area contributed by atoms with Crippen LogP contribution in [-0.2, 0) is 15.9 Å². The molecule has 1 unspecified atom stereocenters. The zero-order valence-electron chi connectivity index (χ0n) is 19.0. The summed E-state index contributed by atoms with van der Waals surface area (Å²) in [5, 5.41) is 20.2. The van der Waals surface area contributed by atoms with Crippen LogP contribution in [0.3, 0.4) is 0 Å². The third-order valence-corrected chi connectivity index (χ3v) is 7.16. The minimum absolute atomic E-state index is 0.135. The molecule has 3 atom stereocenters. The van der Waals surface area contributed by atoms with Crippen molar-refractivity contribution in [3.63, 3.8) is 0 Å². The number of rotatable bonds is 6. The highest BCUT2D eigenvalue weighted by molar-refractivity contribution is 6.45. The molecule has 1 N–H and O–H groups in total. The fourth-order valence-electron chi connectivity index (χ4n) is 5.59. The average molecular weight is 470 g/mol. The Hall–Kier alpha value is -1.97. The zero-order chi connectivity index (χ0) is 22.9. The topological polar surface area (TPSA) is 76.9 Å². The molecule has 2 fully saturated rings. The maximum absolute atomic E-state index is 10.3. The number of piperidine rings is 1. The number of aromatic nitrogens is 2. The number of morpholine rings is 1. The largest absolute Gasteiger partial charge is 0.467 e. The van der Waals surface area contributed by atoms with Gasteiger partial charge in [-0.25, -0.2) is 0 Å². The Morgan fingerprint density at radius 1 is 1.21 bits per heavy atom. The van der Waals surface area contributed by atoms with E-state index < -0.39 is 7.05 Å². The molecule has 7 nitrogen and oxygen atoms in total. The summed E-state index contributed by atoms with van der Waals surface area (Å²) in [7, 11) is 1.14. The molecule has 9 heteroatoms. The third kappa shape index (κ3) is 4.55. The fraction of sp³-hybridized carbons (Fsp3) is 0.500. The number of benzene rings is 1. The molecule has 0 radical (unpaired) electrons. The predicted octanol–water partition coefficient (Wildman–Crippen LogP) is 3.70. The van der Waals surface area contributed by atoms with Crippen molar-refractivity contribution in [1.82, 2.24) is 15.0 Å². The Bertz CT molecular complexity index is 1040. The SMILES string of the molecule is COCOc1cc(Cl)ccc1-c1cc2c(nn1)C([C@@H]1CC3COC[C@@H](C1)N3B(C)O)=CCC2. The molecule has 1 aromatic carbocycles. The van der Waals surface area contributed by atoms with E-state index in [9.17, 15) is 5.02 Å². The van der Waals surface area contributed by atoms with Crippen LogP contribution in [0.25, 0.3) is 16.8 Å². The summed E-state index contributed by atoms with van der Waals surface area (Å²) in [5.74, 6) is 1.03. The van der Waals surface area contributed by atoms with E-state index in [1.54, 1.807) is 13.2 Å².